The van der Waals surface area contributed by atoms with Crippen molar-refractivity contribution < 1.29 is 4.74 Å². The van der Waals surface area contributed by atoms with Gasteiger partial charge in [0.15, 0.2) is 5.96 Å². The Balaban J connectivity index is 1.60. The maximum Gasteiger partial charge on any atom is 0.191 e. The molecule has 2 N–H and O–H groups in total. The van der Waals surface area contributed by atoms with Crippen LogP contribution in [0.5, 0.6) is 0 Å². The van der Waals surface area contributed by atoms with Crippen LogP contribution in [-0.4, -0.2) is 46.9 Å². The zero-order chi connectivity index (χ0) is 15.5. The lowest BCUT2D eigenvalue weighted by atomic mass is 9.97. The van der Waals surface area contributed by atoms with Crippen LogP contribution in [0.15, 0.2) is 17.4 Å². The molecule has 22 heavy (non-hydrogen) atoms. The minimum atomic E-state index is 0.102. The quantitative estimate of drug-likeness (QED) is 0.679. The SMILES string of the molecule is CC1CCCN(C(N)=NC[C@@H]2CCO[C@H]2c2cnn(C)c2)C1. The third-order valence-corrected chi connectivity index (χ3v) is 4.74. The second-order valence-corrected chi connectivity index (χ2v) is 6.68. The maximum absolute atomic E-state index is 6.20. The molecule has 1 aromatic heterocycles. The summed E-state index contributed by atoms with van der Waals surface area (Å²) in [5.41, 5.74) is 7.34. The average molecular weight is 305 g/mol. The number of guanidine groups is 1. The van der Waals surface area contributed by atoms with E-state index >= 15 is 0 Å². The van der Waals surface area contributed by atoms with Gasteiger partial charge in [0.2, 0.25) is 0 Å². The molecule has 2 aliphatic heterocycles. The predicted molar refractivity (Wildman–Crippen MR) is 86.5 cm³/mol. The van der Waals surface area contributed by atoms with Gasteiger partial charge in [-0.3, -0.25) is 9.67 Å². The van der Waals surface area contributed by atoms with Crippen LogP contribution in [-0.2, 0) is 11.8 Å². The Bertz CT molecular complexity index is 526. The molecule has 1 unspecified atom stereocenters. The van der Waals surface area contributed by atoms with Gasteiger partial charge in [-0.1, -0.05) is 6.92 Å². The molecule has 0 spiro atoms. The molecule has 2 aliphatic rings. The lowest BCUT2D eigenvalue weighted by Crippen LogP contribution is -2.43. The number of aryl methyl sites for hydroxylation is 1. The summed E-state index contributed by atoms with van der Waals surface area (Å²) in [7, 11) is 1.93. The number of piperidine rings is 1. The van der Waals surface area contributed by atoms with Crippen LogP contribution in [0.1, 0.15) is 37.9 Å². The number of likely N-dealkylation sites (tertiary alicyclic amines) is 1. The highest BCUT2D eigenvalue weighted by atomic mass is 16.5. The Morgan fingerprint density at radius 2 is 2.36 bits per heavy atom. The molecular weight excluding hydrogens is 278 g/mol. The van der Waals surface area contributed by atoms with Gasteiger partial charge in [0.05, 0.1) is 12.3 Å². The Hall–Kier alpha value is -1.56. The standard InChI is InChI=1S/C16H27N5O/c1-12-4-3-6-21(10-12)16(17)18-8-13-5-7-22-15(13)14-9-19-20(2)11-14/h9,11-13,15H,3-8,10H2,1-2H3,(H2,17,18)/t12?,13-,15+/m0/s1. The van der Waals surface area contributed by atoms with Gasteiger partial charge in [-0.15, -0.1) is 0 Å². The number of nitrogens with zero attached hydrogens (tertiary/aromatic N) is 4. The largest absolute Gasteiger partial charge is 0.373 e. The van der Waals surface area contributed by atoms with E-state index in [-0.39, 0.29) is 6.10 Å². The lowest BCUT2D eigenvalue weighted by molar-refractivity contribution is 0.0924. The summed E-state index contributed by atoms with van der Waals surface area (Å²) in [5.74, 6) is 1.80. The Labute approximate surface area is 132 Å². The molecule has 3 rings (SSSR count). The van der Waals surface area contributed by atoms with Crippen LogP contribution in [0.2, 0.25) is 0 Å². The van der Waals surface area contributed by atoms with E-state index in [9.17, 15) is 0 Å². The molecule has 3 heterocycles. The van der Waals surface area contributed by atoms with E-state index in [0.29, 0.717) is 17.8 Å². The van der Waals surface area contributed by atoms with Crippen LogP contribution in [0, 0.1) is 11.8 Å². The van der Waals surface area contributed by atoms with Crippen molar-refractivity contribution in [3.05, 3.63) is 18.0 Å². The number of nitrogens with two attached hydrogens (primary N) is 1. The molecule has 0 bridgehead atoms. The number of hydrogen-bond donors (Lipinski definition) is 1. The lowest BCUT2D eigenvalue weighted by Gasteiger charge is -2.31. The van der Waals surface area contributed by atoms with E-state index in [0.717, 1.165) is 38.2 Å². The van der Waals surface area contributed by atoms with E-state index in [1.807, 2.05) is 24.1 Å². The first-order valence-electron chi connectivity index (χ1n) is 8.28. The van der Waals surface area contributed by atoms with Crippen molar-refractivity contribution in [2.75, 3.05) is 26.2 Å². The molecule has 0 aliphatic carbocycles. The molecule has 3 atom stereocenters. The fourth-order valence-corrected chi connectivity index (χ4v) is 3.48. The zero-order valence-corrected chi connectivity index (χ0v) is 13.6. The molecule has 122 valence electrons. The molecule has 0 amide bonds. The van der Waals surface area contributed by atoms with Gasteiger partial charge in [0.25, 0.3) is 0 Å². The topological polar surface area (TPSA) is 68.7 Å². The Kier molecular flexibility index (Phi) is 4.66. The summed E-state index contributed by atoms with van der Waals surface area (Å²) in [5, 5.41) is 4.24. The van der Waals surface area contributed by atoms with E-state index in [2.05, 4.69) is 21.9 Å². The smallest absolute Gasteiger partial charge is 0.191 e. The molecule has 2 fully saturated rings. The fraction of sp³-hybridized carbons (Fsp3) is 0.750. The van der Waals surface area contributed by atoms with Gasteiger partial charge in [0.1, 0.15) is 0 Å². The van der Waals surface area contributed by atoms with Crippen molar-refractivity contribution in [3.8, 4) is 0 Å². The molecule has 1 aromatic rings. The van der Waals surface area contributed by atoms with E-state index in [1.54, 1.807) is 0 Å². The maximum atomic E-state index is 6.20. The first-order chi connectivity index (χ1) is 10.6. The first kappa shape index (κ1) is 15.3. The van der Waals surface area contributed by atoms with Crippen molar-refractivity contribution in [1.29, 1.82) is 0 Å². The molecular formula is C16H27N5O. The second-order valence-electron chi connectivity index (χ2n) is 6.68. The minimum absolute atomic E-state index is 0.102. The molecule has 6 nitrogen and oxygen atoms in total. The minimum Gasteiger partial charge on any atom is -0.373 e. The summed E-state index contributed by atoms with van der Waals surface area (Å²) in [6.45, 7) is 5.87. The van der Waals surface area contributed by atoms with Gasteiger partial charge < -0.3 is 15.4 Å². The summed E-state index contributed by atoms with van der Waals surface area (Å²) in [4.78, 5) is 6.89. The average Bonchev–Trinajstić information content (AvgIpc) is 3.13. The van der Waals surface area contributed by atoms with Gasteiger partial charge in [-0.2, -0.15) is 5.10 Å². The van der Waals surface area contributed by atoms with Crippen molar-refractivity contribution >= 4 is 5.96 Å². The van der Waals surface area contributed by atoms with Gasteiger partial charge >= 0.3 is 0 Å². The van der Waals surface area contributed by atoms with Gasteiger partial charge in [0, 0.05) is 51.0 Å². The molecule has 6 heteroatoms. The molecule has 0 radical (unpaired) electrons. The van der Waals surface area contributed by atoms with Crippen LogP contribution in [0.4, 0.5) is 0 Å². The highest BCUT2D eigenvalue weighted by Gasteiger charge is 2.30. The van der Waals surface area contributed by atoms with E-state index in [4.69, 9.17) is 10.5 Å². The van der Waals surface area contributed by atoms with Crippen molar-refractivity contribution in [2.45, 2.75) is 32.3 Å². The summed E-state index contributed by atoms with van der Waals surface area (Å²) in [6, 6.07) is 0. The highest BCUT2D eigenvalue weighted by molar-refractivity contribution is 5.78. The van der Waals surface area contributed by atoms with E-state index < -0.39 is 0 Å². The number of hydrogen-bond acceptors (Lipinski definition) is 3. The van der Waals surface area contributed by atoms with Crippen LogP contribution < -0.4 is 5.73 Å². The van der Waals surface area contributed by atoms with Crippen LogP contribution >= 0.6 is 0 Å². The predicted octanol–water partition coefficient (Wildman–Crippen LogP) is 1.54. The first-order valence-corrected chi connectivity index (χ1v) is 8.28. The Morgan fingerprint density at radius 3 is 3.09 bits per heavy atom. The van der Waals surface area contributed by atoms with Gasteiger partial charge in [-0.25, -0.2) is 0 Å². The third-order valence-electron chi connectivity index (χ3n) is 4.74. The fourth-order valence-electron chi connectivity index (χ4n) is 3.48. The van der Waals surface area contributed by atoms with E-state index in [1.165, 1.54) is 12.8 Å². The summed E-state index contributed by atoms with van der Waals surface area (Å²) in [6.07, 6.45) is 7.56. The van der Waals surface area contributed by atoms with Crippen molar-refractivity contribution in [1.82, 2.24) is 14.7 Å². The molecule has 2 saturated heterocycles. The number of aromatic nitrogens is 2. The van der Waals surface area contributed by atoms with Crippen molar-refractivity contribution in [2.24, 2.45) is 29.6 Å². The number of rotatable bonds is 3. The van der Waals surface area contributed by atoms with Gasteiger partial charge in [-0.05, 0) is 25.2 Å². The van der Waals surface area contributed by atoms with Crippen LogP contribution in [0.3, 0.4) is 0 Å². The summed E-state index contributed by atoms with van der Waals surface area (Å²) < 4.78 is 7.70. The van der Waals surface area contributed by atoms with Crippen molar-refractivity contribution in [3.63, 3.8) is 0 Å². The molecule has 0 saturated carbocycles. The van der Waals surface area contributed by atoms with Crippen LogP contribution in [0.25, 0.3) is 0 Å². The number of ether oxygens (including phenoxy) is 1. The number of aliphatic imine (C=N–C) groups is 1. The second kappa shape index (κ2) is 6.69. The normalized spacial score (nSPS) is 30.0. The monoisotopic (exact) mass is 305 g/mol. The highest BCUT2D eigenvalue weighted by Crippen LogP contribution is 2.34. The summed E-state index contributed by atoms with van der Waals surface area (Å²) >= 11 is 0. The zero-order valence-electron chi connectivity index (χ0n) is 13.6. The molecule has 0 aromatic carbocycles. The third kappa shape index (κ3) is 3.43. The Morgan fingerprint density at radius 1 is 1.50 bits per heavy atom.